The average Bonchev–Trinajstić information content (AvgIpc) is 1.53. The van der Waals surface area contributed by atoms with E-state index in [1.807, 2.05) is 0 Å². The molecule has 8 aromatic carbocycles. The van der Waals surface area contributed by atoms with Crippen molar-refractivity contribution in [1.82, 2.24) is 7.05 Å². The van der Waals surface area contributed by atoms with Crippen molar-refractivity contribution in [2.24, 2.45) is 123 Å². The summed E-state index contributed by atoms with van der Waals surface area (Å²) in [7, 11) is -9.07. The maximum absolute atomic E-state index is 9.98. The summed E-state index contributed by atoms with van der Waals surface area (Å²) in [6.45, 7) is 25.7. The predicted molar refractivity (Wildman–Crippen MR) is 515 cm³/mol. The SMILES string of the molecule is CC(C)CCC[C@@H](C)[C@H]1CC[C@H]2[C@@H]3CC=C4C[C@@H](O[Si]([O][Ge]5([O][Si](O[C@H]6CC[C@@]7(C)C(=CC[C@H]8[C@@H]9CC[C@H]([C@H](C)CCCC(C)C)[C@@]9(C)CC[C@@H]87)C6)(c6ccccc6)c6ccccc6)[n]6c7c8ccccc8c6N=C6N=C(N=c8c9ccccc9c([n]85)=NC5=NC(=N7)c7ccccc75)c5ccccc56)(c5ccccc5)c5ccccc5)CC[C@]4(C)[C@H]3CC[C@]12C. The number of rotatable bonds is 22. The van der Waals surface area contributed by atoms with Crippen molar-refractivity contribution in [1.29, 1.82) is 0 Å². The first-order chi connectivity index (χ1) is 60.8. The van der Waals surface area contributed by atoms with Gasteiger partial charge in [0, 0.05) is 0 Å². The van der Waals surface area contributed by atoms with Gasteiger partial charge in [0.2, 0.25) is 0 Å². The minimum absolute atomic E-state index is 0.0229. The van der Waals surface area contributed by atoms with Crippen LogP contribution in [-0.4, -0.2) is 74.1 Å². The fraction of sp³-hybridized carbons (Fsp3) is 0.455. The van der Waals surface area contributed by atoms with Crippen molar-refractivity contribution in [3.63, 3.8) is 0 Å². The molecule has 0 spiro atoms. The van der Waals surface area contributed by atoms with Crippen LogP contribution in [0.5, 0.6) is 0 Å². The van der Waals surface area contributed by atoms with E-state index in [1.54, 1.807) is 11.1 Å². The van der Waals surface area contributed by atoms with Crippen molar-refractivity contribution >= 4 is 109 Å². The third-order valence-corrected chi connectivity index (χ3v) is 52.6. The second-order valence-corrected chi connectivity index (χ2v) is 54.5. The summed E-state index contributed by atoms with van der Waals surface area (Å²) in [5.74, 6) is 12.0. The van der Waals surface area contributed by atoms with Crippen LogP contribution in [-0.2, 0) is 15.8 Å². The molecule has 125 heavy (non-hydrogen) atoms. The van der Waals surface area contributed by atoms with Crippen molar-refractivity contribution < 1.29 is 15.8 Å². The minimum atomic E-state index is -6.53. The standard InChI is InChI=1S/C110H126GeN8O4Si2/c1-71(2)33-31-35-73(5)93-57-59-95-91-55-53-75-69-77(61-65-107(75,7)97(91)63-67-109(93,95)9)120-124(79-37-15-11-16-38-79,80-39-17-12-18-40-80)122-111(123-125(81-41-19-13-20-42-81,82-43-21-14-22-44-82)121-78-62-66-108(8)76(70-78)54-56-92-96-60-58-94(74(6)36-32-34-72(3)4)110(96,10)68-64-98(92)108)118-103-87-49-27-28-50-88(87)105(118)116-101-85-47-25-26-48-86(85)102(113-101)117-106-90-52-30-29-51-89(90)104(119(106)111)115-100-84-46-24-23-45-83(84)99(112-100)114-103/h11-30,37-54,71-74,77-78,91-98H,31-36,55-70H2,1-10H3/t73-,74-,77+,78+,91+,92+,93-,94-,95+,96+,97+,98+,107+,108+,109-,110-/m1/s1. The Hall–Kier alpha value is -8.58. The van der Waals surface area contributed by atoms with E-state index in [0.717, 1.165) is 163 Å². The van der Waals surface area contributed by atoms with Crippen molar-refractivity contribution in [2.75, 3.05) is 0 Å². The van der Waals surface area contributed by atoms with Gasteiger partial charge in [-0.25, -0.2) is 0 Å². The van der Waals surface area contributed by atoms with Gasteiger partial charge in [-0.05, 0) is 23.7 Å². The monoisotopic (exact) mass is 1750 g/mol. The van der Waals surface area contributed by atoms with Crippen molar-refractivity contribution in [3.8, 4) is 0 Å². The van der Waals surface area contributed by atoms with Crippen LogP contribution in [0.2, 0.25) is 0 Å². The van der Waals surface area contributed by atoms with Crippen molar-refractivity contribution in [3.05, 3.63) is 275 Å². The average molecular weight is 1750 g/mol. The van der Waals surface area contributed by atoms with Crippen molar-refractivity contribution in [2.45, 2.75) is 223 Å². The number of hydrogen-bond acceptors (Lipinski definition) is 10. The van der Waals surface area contributed by atoms with Gasteiger partial charge in [-0.3, -0.25) is 0 Å². The van der Waals surface area contributed by atoms with Gasteiger partial charge in [0.25, 0.3) is 0 Å². The molecule has 2 aromatic heterocycles. The molecule has 0 saturated heterocycles. The van der Waals surface area contributed by atoms with Gasteiger partial charge in [0.05, 0.1) is 0 Å². The zero-order valence-corrected chi connectivity index (χ0v) is 79.4. The fourth-order valence-corrected chi connectivity index (χ4v) is 50.9. The molecule has 6 fully saturated rings. The molecule has 642 valence electrons. The number of allylic oxidation sites excluding steroid dienone is 2. The first-order valence-corrected chi connectivity index (χ1v) is 55.6. The van der Waals surface area contributed by atoms with Gasteiger partial charge in [-0.2, -0.15) is 0 Å². The van der Waals surface area contributed by atoms with E-state index in [4.69, 9.17) is 38.8 Å². The third-order valence-electron chi connectivity index (χ3n) is 34.7. The quantitative estimate of drug-likeness (QED) is 0.0495. The molecule has 12 aliphatic rings. The first kappa shape index (κ1) is 82.1. The Morgan fingerprint density at radius 1 is 0.360 bits per heavy atom. The van der Waals surface area contributed by atoms with E-state index < -0.39 is 31.5 Å². The first-order valence-electron chi connectivity index (χ1n) is 48.4. The van der Waals surface area contributed by atoms with Crippen LogP contribution >= 0.6 is 0 Å². The molecule has 4 aliphatic heterocycles. The molecule has 8 aliphatic carbocycles. The van der Waals surface area contributed by atoms with Gasteiger partial charge < -0.3 is 0 Å². The predicted octanol–water partition coefficient (Wildman–Crippen LogP) is 22.8. The number of fused-ring (bicyclic) bond motifs is 24. The summed E-state index contributed by atoms with van der Waals surface area (Å²) in [5.41, 5.74) is 8.63. The molecule has 0 amide bonds. The molecule has 22 rings (SSSR count). The summed E-state index contributed by atoms with van der Waals surface area (Å²) in [4.78, 5) is 36.1. The van der Waals surface area contributed by atoms with E-state index in [-0.39, 0.29) is 23.0 Å². The fourth-order valence-electron chi connectivity index (χ4n) is 28.5. The number of benzene rings is 8. The second-order valence-electron chi connectivity index (χ2n) is 42.1. The topological polar surface area (TPSA) is 121 Å². The van der Waals surface area contributed by atoms with Crippen LogP contribution in [0.3, 0.4) is 0 Å². The van der Waals surface area contributed by atoms with E-state index in [1.165, 1.54) is 89.9 Å². The Bertz CT molecular complexity index is 5730. The number of aromatic nitrogens is 2. The molecule has 0 unspecified atom stereocenters. The van der Waals surface area contributed by atoms with Crippen LogP contribution in [0.15, 0.2) is 272 Å². The van der Waals surface area contributed by atoms with Crippen LogP contribution in [0, 0.1) is 92.7 Å². The summed E-state index contributed by atoms with van der Waals surface area (Å²) >= 11 is -6.53. The number of aliphatic imine (C=N–C) groups is 4. The Morgan fingerprint density at radius 2 is 0.704 bits per heavy atom. The summed E-state index contributed by atoms with van der Waals surface area (Å²) in [6, 6.07) is 79.0. The van der Waals surface area contributed by atoms with E-state index in [2.05, 4.69) is 307 Å². The molecule has 0 N–H and O–H groups in total. The van der Waals surface area contributed by atoms with Crippen LogP contribution in [0.1, 0.15) is 233 Å². The normalized spacial score (nSPS) is 30.3. The van der Waals surface area contributed by atoms with Gasteiger partial charge >= 0.3 is 648 Å². The molecular weight excluding hydrogens is 1630 g/mol. The van der Waals surface area contributed by atoms with Gasteiger partial charge in [-0.15, -0.1) is 0 Å². The second kappa shape index (κ2) is 32.0. The number of nitrogens with zero attached hydrogens (tertiary/aromatic N) is 8. The summed E-state index contributed by atoms with van der Waals surface area (Å²) in [5, 5.41) is 7.28. The summed E-state index contributed by atoms with van der Waals surface area (Å²) in [6.07, 6.45) is 31.3. The molecule has 6 bridgehead atoms. The van der Waals surface area contributed by atoms with E-state index in [9.17, 15) is 6.91 Å². The Labute approximate surface area is 746 Å². The molecule has 0 radical (unpaired) electrons. The third kappa shape index (κ3) is 13.4. The Kier molecular flexibility index (Phi) is 21.0. The molecule has 6 heterocycles. The molecule has 6 saturated carbocycles. The van der Waals surface area contributed by atoms with Crippen LogP contribution < -0.4 is 31.7 Å². The summed E-state index contributed by atoms with van der Waals surface area (Å²) < 4.78 is 42.9. The number of amidine groups is 4. The van der Waals surface area contributed by atoms with E-state index >= 15 is 0 Å². The molecule has 16 atom stereocenters. The van der Waals surface area contributed by atoms with Gasteiger partial charge in [0.15, 0.2) is 0 Å². The molecule has 12 nitrogen and oxygen atoms in total. The molecule has 15 heteroatoms. The zero-order chi connectivity index (χ0) is 84.9. The maximum atomic E-state index is 9.98. The Balaban J connectivity index is 0.779. The van der Waals surface area contributed by atoms with Gasteiger partial charge in [-0.1, -0.05) is 80.1 Å². The zero-order valence-electron chi connectivity index (χ0n) is 75.3. The van der Waals surface area contributed by atoms with Crippen LogP contribution in [0.4, 0.5) is 11.6 Å². The molecular formula is C110H126GeN8O4Si2. The Morgan fingerprint density at radius 3 is 1.07 bits per heavy atom. The van der Waals surface area contributed by atoms with Gasteiger partial charge in [0.1, 0.15) is 0 Å². The number of hydrogen-bond donors (Lipinski definition) is 0. The van der Waals surface area contributed by atoms with E-state index in [0.29, 0.717) is 80.5 Å². The molecule has 10 aromatic rings. The van der Waals surface area contributed by atoms with Crippen LogP contribution in [0.25, 0.3) is 21.5 Å².